The molecule has 5 nitrogen and oxygen atoms in total. The molecule has 0 radical (unpaired) electrons. The van der Waals surface area contributed by atoms with Crippen LogP contribution in [0.3, 0.4) is 0 Å². The van der Waals surface area contributed by atoms with Crippen LogP contribution in [-0.4, -0.2) is 15.5 Å². The van der Waals surface area contributed by atoms with Gasteiger partial charge in [-0.25, -0.2) is 4.98 Å². The number of carbonyl (C=O) groups is 1. The van der Waals surface area contributed by atoms with E-state index in [1.54, 1.807) is 17.0 Å². The Morgan fingerprint density at radius 2 is 2.11 bits per heavy atom. The number of nitrogens with one attached hydrogen (secondary N) is 1. The highest BCUT2D eigenvalue weighted by molar-refractivity contribution is 5.75. The number of imidazole rings is 1. The van der Waals surface area contributed by atoms with Crippen molar-refractivity contribution in [2.75, 3.05) is 0 Å². The van der Waals surface area contributed by atoms with Gasteiger partial charge in [0.25, 0.3) is 0 Å². The lowest BCUT2D eigenvalue weighted by molar-refractivity contribution is -0.121. The lowest BCUT2D eigenvalue weighted by Crippen LogP contribution is -2.27. The van der Waals surface area contributed by atoms with Gasteiger partial charge >= 0.3 is 0 Å². The summed E-state index contributed by atoms with van der Waals surface area (Å²) in [5, 5.41) is 2.86. The van der Waals surface area contributed by atoms with E-state index in [1.165, 1.54) is 0 Å². The quantitative estimate of drug-likeness (QED) is 0.811. The van der Waals surface area contributed by atoms with Crippen LogP contribution in [0.5, 0.6) is 0 Å². The van der Waals surface area contributed by atoms with Crippen molar-refractivity contribution in [2.24, 2.45) is 5.73 Å². The molecule has 94 valence electrons. The summed E-state index contributed by atoms with van der Waals surface area (Å²) in [4.78, 5) is 15.8. The van der Waals surface area contributed by atoms with Crippen molar-refractivity contribution >= 4 is 5.91 Å². The van der Waals surface area contributed by atoms with Gasteiger partial charge < -0.3 is 15.6 Å². The van der Waals surface area contributed by atoms with Gasteiger partial charge in [0.15, 0.2) is 0 Å². The SMILES string of the molecule is NCc1nccn1CC(=O)NCc1ccccc1. The molecule has 0 aliphatic carbocycles. The maximum Gasteiger partial charge on any atom is 0.240 e. The van der Waals surface area contributed by atoms with Crippen LogP contribution in [0.25, 0.3) is 0 Å². The number of hydrogen-bond acceptors (Lipinski definition) is 3. The third kappa shape index (κ3) is 3.18. The molecule has 0 fully saturated rings. The molecule has 1 heterocycles. The van der Waals surface area contributed by atoms with Gasteiger partial charge in [-0.3, -0.25) is 4.79 Å². The summed E-state index contributed by atoms with van der Waals surface area (Å²) in [6.45, 7) is 1.12. The number of aromatic nitrogens is 2. The molecule has 0 saturated heterocycles. The van der Waals surface area contributed by atoms with Crippen molar-refractivity contribution in [2.45, 2.75) is 19.6 Å². The highest BCUT2D eigenvalue weighted by Gasteiger charge is 2.06. The average molecular weight is 244 g/mol. The lowest BCUT2D eigenvalue weighted by atomic mass is 10.2. The number of nitrogens with zero attached hydrogens (tertiary/aromatic N) is 2. The minimum Gasteiger partial charge on any atom is -0.350 e. The minimum atomic E-state index is -0.0495. The molecule has 0 unspecified atom stereocenters. The number of carbonyl (C=O) groups excluding carboxylic acids is 1. The van der Waals surface area contributed by atoms with Crippen LogP contribution in [0.2, 0.25) is 0 Å². The second-order valence-electron chi connectivity index (χ2n) is 3.94. The molecule has 0 saturated carbocycles. The Hall–Kier alpha value is -2.14. The van der Waals surface area contributed by atoms with Crippen LogP contribution in [-0.2, 0) is 24.4 Å². The van der Waals surface area contributed by atoms with Crippen molar-refractivity contribution in [3.63, 3.8) is 0 Å². The molecule has 0 bridgehead atoms. The Morgan fingerprint density at radius 3 is 2.83 bits per heavy atom. The Bertz CT molecular complexity index is 507. The van der Waals surface area contributed by atoms with E-state index >= 15 is 0 Å². The second-order valence-corrected chi connectivity index (χ2v) is 3.94. The van der Waals surface area contributed by atoms with E-state index in [4.69, 9.17) is 5.73 Å². The molecule has 18 heavy (non-hydrogen) atoms. The van der Waals surface area contributed by atoms with E-state index < -0.39 is 0 Å². The van der Waals surface area contributed by atoms with E-state index in [0.717, 1.165) is 5.56 Å². The third-order valence-electron chi connectivity index (χ3n) is 2.63. The Kier molecular flexibility index (Phi) is 4.09. The monoisotopic (exact) mass is 244 g/mol. The average Bonchev–Trinajstić information content (AvgIpc) is 2.85. The minimum absolute atomic E-state index is 0.0495. The second kappa shape index (κ2) is 5.97. The van der Waals surface area contributed by atoms with Crippen molar-refractivity contribution in [3.8, 4) is 0 Å². The summed E-state index contributed by atoms with van der Waals surface area (Å²) in [5.41, 5.74) is 6.60. The summed E-state index contributed by atoms with van der Waals surface area (Å²) in [7, 11) is 0. The van der Waals surface area contributed by atoms with Crippen LogP contribution in [0.15, 0.2) is 42.7 Å². The standard InChI is InChI=1S/C13H16N4O/c14-8-12-15-6-7-17(12)10-13(18)16-9-11-4-2-1-3-5-11/h1-7H,8-10,14H2,(H,16,18). The van der Waals surface area contributed by atoms with Crippen LogP contribution < -0.4 is 11.1 Å². The zero-order valence-electron chi connectivity index (χ0n) is 10.0. The molecule has 2 aromatic rings. The van der Waals surface area contributed by atoms with Gasteiger partial charge in [-0.15, -0.1) is 0 Å². The Labute approximate surface area is 106 Å². The first-order valence-corrected chi connectivity index (χ1v) is 5.80. The lowest BCUT2D eigenvalue weighted by Gasteiger charge is -2.07. The van der Waals surface area contributed by atoms with Gasteiger partial charge in [-0.2, -0.15) is 0 Å². The molecule has 1 aromatic carbocycles. The predicted molar refractivity (Wildman–Crippen MR) is 68.4 cm³/mol. The van der Waals surface area contributed by atoms with Gasteiger partial charge in [0.1, 0.15) is 12.4 Å². The Morgan fingerprint density at radius 1 is 1.33 bits per heavy atom. The molecule has 0 aliphatic rings. The van der Waals surface area contributed by atoms with Crippen molar-refractivity contribution in [1.82, 2.24) is 14.9 Å². The van der Waals surface area contributed by atoms with Crippen LogP contribution in [0.4, 0.5) is 0 Å². The fourth-order valence-electron chi connectivity index (χ4n) is 1.68. The highest BCUT2D eigenvalue weighted by atomic mass is 16.1. The normalized spacial score (nSPS) is 10.3. The highest BCUT2D eigenvalue weighted by Crippen LogP contribution is 1.99. The topological polar surface area (TPSA) is 72.9 Å². The smallest absolute Gasteiger partial charge is 0.240 e. The number of rotatable bonds is 5. The van der Waals surface area contributed by atoms with Crippen molar-refractivity contribution in [1.29, 1.82) is 0 Å². The van der Waals surface area contributed by atoms with E-state index in [2.05, 4.69) is 10.3 Å². The van der Waals surface area contributed by atoms with Gasteiger partial charge in [0.2, 0.25) is 5.91 Å². The van der Waals surface area contributed by atoms with Gasteiger partial charge in [0, 0.05) is 18.9 Å². The first-order valence-electron chi connectivity index (χ1n) is 5.80. The van der Waals surface area contributed by atoms with Crippen LogP contribution in [0, 0.1) is 0 Å². The first kappa shape index (κ1) is 12.3. The largest absolute Gasteiger partial charge is 0.350 e. The fraction of sp³-hybridized carbons (Fsp3) is 0.231. The van der Waals surface area contributed by atoms with E-state index in [9.17, 15) is 4.79 Å². The van der Waals surface area contributed by atoms with Gasteiger partial charge in [-0.05, 0) is 5.56 Å². The number of hydrogen-bond donors (Lipinski definition) is 2. The number of benzene rings is 1. The summed E-state index contributed by atoms with van der Waals surface area (Å²) in [6.07, 6.45) is 3.40. The zero-order valence-corrected chi connectivity index (χ0v) is 10.0. The number of nitrogens with two attached hydrogens (primary N) is 1. The van der Waals surface area contributed by atoms with E-state index in [-0.39, 0.29) is 12.5 Å². The molecule has 1 aromatic heterocycles. The van der Waals surface area contributed by atoms with Crippen molar-refractivity contribution in [3.05, 3.63) is 54.1 Å². The maximum atomic E-state index is 11.8. The zero-order chi connectivity index (χ0) is 12.8. The molecular formula is C13H16N4O. The molecular weight excluding hydrogens is 228 g/mol. The van der Waals surface area contributed by atoms with E-state index in [0.29, 0.717) is 18.9 Å². The molecule has 0 spiro atoms. The van der Waals surface area contributed by atoms with Crippen LogP contribution >= 0.6 is 0 Å². The molecule has 0 aliphatic heterocycles. The summed E-state index contributed by atoms with van der Waals surface area (Å²) < 4.78 is 1.75. The first-order chi connectivity index (χ1) is 8.79. The van der Waals surface area contributed by atoms with Gasteiger partial charge in [-0.1, -0.05) is 30.3 Å². The molecule has 1 amide bonds. The summed E-state index contributed by atoms with van der Waals surface area (Å²) in [6, 6.07) is 9.80. The molecule has 0 atom stereocenters. The predicted octanol–water partition coefficient (Wildman–Crippen LogP) is 0.658. The fourth-order valence-corrected chi connectivity index (χ4v) is 1.68. The van der Waals surface area contributed by atoms with Crippen LogP contribution in [0.1, 0.15) is 11.4 Å². The summed E-state index contributed by atoms with van der Waals surface area (Å²) in [5.74, 6) is 0.663. The summed E-state index contributed by atoms with van der Waals surface area (Å²) >= 11 is 0. The Balaban J connectivity index is 1.86. The molecule has 2 rings (SSSR count). The van der Waals surface area contributed by atoms with Crippen molar-refractivity contribution < 1.29 is 4.79 Å². The molecule has 5 heteroatoms. The number of amides is 1. The molecule has 3 N–H and O–H groups in total. The van der Waals surface area contributed by atoms with Gasteiger partial charge in [0.05, 0.1) is 6.54 Å². The van der Waals surface area contributed by atoms with E-state index in [1.807, 2.05) is 30.3 Å². The third-order valence-corrected chi connectivity index (χ3v) is 2.63. The maximum absolute atomic E-state index is 11.8.